The van der Waals surface area contributed by atoms with Crippen molar-refractivity contribution in [2.24, 2.45) is 23.2 Å². The van der Waals surface area contributed by atoms with Gasteiger partial charge >= 0.3 is 6.18 Å². The maximum atomic E-state index is 13.2. The van der Waals surface area contributed by atoms with E-state index in [1.807, 2.05) is 0 Å². The van der Waals surface area contributed by atoms with Crippen LogP contribution in [-0.2, 0) is 0 Å². The molecular formula is C28H42F3NO3. The second-order valence-corrected chi connectivity index (χ2v) is 12.0. The first-order valence-electron chi connectivity index (χ1n) is 13.3. The zero-order valence-electron chi connectivity index (χ0n) is 21.2. The van der Waals surface area contributed by atoms with Crippen LogP contribution in [0, 0.1) is 23.2 Å². The number of aliphatic hydroxyl groups is 3. The molecule has 4 rings (SSSR count). The Hall–Kier alpha value is -1.15. The van der Waals surface area contributed by atoms with Crippen molar-refractivity contribution in [1.82, 2.24) is 4.90 Å². The lowest BCUT2D eigenvalue weighted by Gasteiger charge is -2.46. The zero-order chi connectivity index (χ0) is 25.6. The maximum absolute atomic E-state index is 13.2. The molecule has 6 atom stereocenters. The Morgan fingerprint density at radius 2 is 1.83 bits per heavy atom. The molecule has 4 aliphatic rings. The SMILES string of the molecule is C=C1/C(=C\C=C2/CCC[C@]3(C)[C@@H]([C@@H](C)CN4CCC(O)(C(F)(F)F)CC4)CC[C@@H]23)C[C@@H](O)C[C@@H]1O. The third kappa shape index (κ3) is 5.29. The van der Waals surface area contributed by atoms with Crippen LogP contribution in [0.15, 0.2) is 35.5 Å². The first-order chi connectivity index (χ1) is 16.3. The smallest absolute Gasteiger partial charge is 0.393 e. The molecule has 198 valence electrons. The number of allylic oxidation sites excluding steroid dienone is 3. The number of likely N-dealkylation sites (tertiary alicyclic amines) is 1. The summed E-state index contributed by atoms with van der Waals surface area (Å²) in [6.45, 7) is 10.0. The van der Waals surface area contributed by atoms with E-state index >= 15 is 0 Å². The Kier molecular flexibility index (Phi) is 7.65. The highest BCUT2D eigenvalue weighted by molar-refractivity contribution is 5.38. The van der Waals surface area contributed by atoms with E-state index in [0.717, 1.165) is 37.8 Å². The minimum atomic E-state index is -4.56. The van der Waals surface area contributed by atoms with E-state index in [2.05, 4.69) is 37.5 Å². The van der Waals surface area contributed by atoms with Gasteiger partial charge in [0.15, 0.2) is 5.60 Å². The summed E-state index contributed by atoms with van der Waals surface area (Å²) < 4.78 is 39.5. The van der Waals surface area contributed by atoms with Crippen LogP contribution in [-0.4, -0.2) is 63.8 Å². The number of nitrogens with zero attached hydrogens (tertiary/aromatic N) is 1. The average molecular weight is 498 g/mol. The molecule has 4 nitrogen and oxygen atoms in total. The standard InChI is InChI=1S/C28H42F3NO3/c1-18(17-32-13-11-27(35,12-14-32)28(29,30)31)23-8-9-24-20(5-4-10-26(23,24)3)6-7-21-15-22(33)16-25(34)19(21)2/h6-7,18,22-25,33-35H,2,4-5,8-17H2,1,3H3/b20-6+,21-7-/t18-,22+,23+,24-,25-,26+/m0/s1. The van der Waals surface area contributed by atoms with Crippen LogP contribution in [0.25, 0.3) is 0 Å². The van der Waals surface area contributed by atoms with Crippen LogP contribution in [0.3, 0.4) is 0 Å². The molecule has 0 aromatic rings. The lowest BCUT2D eigenvalue weighted by Crippen LogP contribution is -2.54. The number of hydrogen-bond acceptors (Lipinski definition) is 4. The molecule has 0 aromatic heterocycles. The van der Waals surface area contributed by atoms with Crippen LogP contribution in [0.2, 0.25) is 0 Å². The molecule has 0 aromatic carbocycles. The van der Waals surface area contributed by atoms with Gasteiger partial charge in [-0.2, -0.15) is 13.2 Å². The van der Waals surface area contributed by atoms with Gasteiger partial charge < -0.3 is 20.2 Å². The van der Waals surface area contributed by atoms with Crippen LogP contribution >= 0.6 is 0 Å². The van der Waals surface area contributed by atoms with Crippen LogP contribution in [0.4, 0.5) is 13.2 Å². The topological polar surface area (TPSA) is 63.9 Å². The van der Waals surface area contributed by atoms with Gasteiger partial charge in [-0.05, 0) is 85.7 Å². The molecule has 1 heterocycles. The molecule has 1 aliphatic heterocycles. The minimum absolute atomic E-state index is 0.174. The van der Waals surface area contributed by atoms with Gasteiger partial charge in [0.05, 0.1) is 12.2 Å². The molecule has 0 spiro atoms. The van der Waals surface area contributed by atoms with Gasteiger partial charge in [0.25, 0.3) is 0 Å². The van der Waals surface area contributed by atoms with Crippen LogP contribution in [0.5, 0.6) is 0 Å². The van der Waals surface area contributed by atoms with Crippen molar-refractivity contribution in [3.05, 3.63) is 35.5 Å². The molecule has 1 saturated heterocycles. The van der Waals surface area contributed by atoms with Gasteiger partial charge in [-0.3, -0.25) is 0 Å². The Bertz CT molecular complexity index is 858. The first kappa shape index (κ1) is 26.9. The number of rotatable bonds is 4. The lowest BCUT2D eigenvalue weighted by atomic mass is 9.61. The zero-order valence-corrected chi connectivity index (χ0v) is 21.2. The Labute approximate surface area is 207 Å². The molecule has 0 bridgehead atoms. The summed E-state index contributed by atoms with van der Waals surface area (Å²) in [5.74, 6) is 1.38. The molecule has 7 heteroatoms. The molecule has 0 amide bonds. The predicted octanol–water partition coefficient (Wildman–Crippen LogP) is 5.15. The summed E-state index contributed by atoms with van der Waals surface area (Å²) in [6.07, 6.45) is 4.48. The first-order valence-corrected chi connectivity index (χ1v) is 13.3. The van der Waals surface area contributed by atoms with Gasteiger partial charge in [0, 0.05) is 26.1 Å². The average Bonchev–Trinajstić information content (AvgIpc) is 3.13. The van der Waals surface area contributed by atoms with Crippen molar-refractivity contribution in [1.29, 1.82) is 0 Å². The fourth-order valence-corrected chi connectivity index (χ4v) is 7.60. The van der Waals surface area contributed by atoms with Crippen molar-refractivity contribution in [3.63, 3.8) is 0 Å². The van der Waals surface area contributed by atoms with E-state index in [1.165, 1.54) is 12.0 Å². The van der Waals surface area contributed by atoms with E-state index < -0.39 is 24.0 Å². The van der Waals surface area contributed by atoms with Crippen LogP contribution in [0.1, 0.15) is 71.6 Å². The fourth-order valence-electron chi connectivity index (χ4n) is 7.60. The normalized spacial score (nSPS) is 39.7. The summed E-state index contributed by atoms with van der Waals surface area (Å²) in [4.78, 5) is 2.11. The molecule has 3 N–H and O–H groups in total. The van der Waals surface area contributed by atoms with E-state index in [1.54, 1.807) is 0 Å². The maximum Gasteiger partial charge on any atom is 0.417 e. The second kappa shape index (κ2) is 9.96. The third-order valence-electron chi connectivity index (χ3n) is 9.75. The van der Waals surface area contributed by atoms with Crippen molar-refractivity contribution >= 4 is 0 Å². The third-order valence-corrected chi connectivity index (χ3v) is 9.75. The Morgan fingerprint density at radius 1 is 1.14 bits per heavy atom. The van der Waals surface area contributed by atoms with Gasteiger partial charge in [-0.1, -0.05) is 38.2 Å². The summed E-state index contributed by atoms with van der Waals surface area (Å²) in [5, 5.41) is 30.2. The molecule has 0 radical (unpaired) electrons. The molecule has 0 unspecified atom stereocenters. The summed E-state index contributed by atoms with van der Waals surface area (Å²) in [5.41, 5.74) is 0.722. The highest BCUT2D eigenvalue weighted by Crippen LogP contribution is 2.59. The molecular weight excluding hydrogens is 455 g/mol. The lowest BCUT2D eigenvalue weighted by molar-refractivity contribution is -0.272. The van der Waals surface area contributed by atoms with Gasteiger partial charge in [0.2, 0.25) is 0 Å². The van der Waals surface area contributed by atoms with Crippen molar-refractivity contribution in [3.8, 4) is 0 Å². The van der Waals surface area contributed by atoms with Crippen molar-refractivity contribution in [2.75, 3.05) is 19.6 Å². The molecule has 35 heavy (non-hydrogen) atoms. The fraction of sp³-hybridized carbons (Fsp3) is 0.786. The quantitative estimate of drug-likeness (QED) is 0.503. The van der Waals surface area contributed by atoms with Crippen molar-refractivity contribution in [2.45, 2.75) is 95.6 Å². The Morgan fingerprint density at radius 3 is 2.49 bits per heavy atom. The second-order valence-electron chi connectivity index (χ2n) is 12.0. The molecule has 3 saturated carbocycles. The Balaban J connectivity index is 1.41. The number of hydrogen-bond donors (Lipinski definition) is 3. The highest BCUT2D eigenvalue weighted by Gasteiger charge is 2.55. The highest BCUT2D eigenvalue weighted by atomic mass is 19.4. The largest absolute Gasteiger partial charge is 0.417 e. The number of aliphatic hydroxyl groups excluding tert-OH is 2. The van der Waals surface area contributed by atoms with Gasteiger partial charge in [-0.15, -0.1) is 0 Å². The molecule has 4 fully saturated rings. The van der Waals surface area contributed by atoms with Gasteiger partial charge in [-0.25, -0.2) is 0 Å². The number of halogens is 3. The van der Waals surface area contributed by atoms with E-state index in [-0.39, 0.29) is 31.3 Å². The minimum Gasteiger partial charge on any atom is -0.393 e. The summed E-state index contributed by atoms with van der Waals surface area (Å²) in [6, 6.07) is 0. The molecule has 3 aliphatic carbocycles. The number of alkyl halides is 3. The predicted molar refractivity (Wildman–Crippen MR) is 131 cm³/mol. The van der Waals surface area contributed by atoms with E-state index in [9.17, 15) is 28.5 Å². The summed E-state index contributed by atoms with van der Waals surface area (Å²) >= 11 is 0. The van der Waals surface area contributed by atoms with Crippen LogP contribution < -0.4 is 0 Å². The number of piperidine rings is 1. The number of fused-ring (bicyclic) bond motifs is 1. The monoisotopic (exact) mass is 497 g/mol. The van der Waals surface area contributed by atoms with Crippen molar-refractivity contribution < 1.29 is 28.5 Å². The van der Waals surface area contributed by atoms with Gasteiger partial charge in [0.1, 0.15) is 0 Å². The van der Waals surface area contributed by atoms with E-state index in [0.29, 0.717) is 36.2 Å². The van der Waals surface area contributed by atoms with E-state index in [4.69, 9.17) is 0 Å². The summed E-state index contributed by atoms with van der Waals surface area (Å²) in [7, 11) is 0.